The van der Waals surface area contributed by atoms with Gasteiger partial charge in [0.05, 0.1) is 5.56 Å². The predicted molar refractivity (Wildman–Crippen MR) is 82.4 cm³/mol. The maximum Gasteiger partial charge on any atom is 0.167 e. The molecule has 0 aliphatic carbocycles. The number of rotatable bonds is 2. The Morgan fingerprint density at radius 3 is 2.71 bits per heavy atom. The van der Waals surface area contributed by atoms with Crippen molar-refractivity contribution in [2.24, 2.45) is 0 Å². The third-order valence-electron chi connectivity index (χ3n) is 3.77. The molecule has 0 radical (unpaired) electrons. The van der Waals surface area contributed by atoms with E-state index in [0.29, 0.717) is 23.3 Å². The molecular weight excluding hydrogens is 284 g/mol. The van der Waals surface area contributed by atoms with Gasteiger partial charge in [0.25, 0.3) is 0 Å². The molecule has 1 aliphatic heterocycles. The predicted octanol–water partition coefficient (Wildman–Crippen LogP) is 3.94. The van der Waals surface area contributed by atoms with Gasteiger partial charge in [0.2, 0.25) is 0 Å². The molecular formula is C17H16O3S. The Kier molecular flexibility index (Phi) is 3.64. The number of Topliss-reactive ketones (excluding diaryl/α,β-unsaturated/α-hetero) is 1. The summed E-state index contributed by atoms with van der Waals surface area (Å²) in [5, 5.41) is 20.2. The van der Waals surface area contributed by atoms with Gasteiger partial charge in [-0.25, -0.2) is 0 Å². The molecule has 0 fully saturated rings. The zero-order chi connectivity index (χ0) is 15.0. The minimum atomic E-state index is -0.134. The molecule has 0 saturated heterocycles. The van der Waals surface area contributed by atoms with Crippen molar-refractivity contribution in [3.05, 3.63) is 47.0 Å². The Morgan fingerprint density at radius 2 is 1.95 bits per heavy atom. The molecule has 0 saturated carbocycles. The number of hydrogen-bond donors (Lipinski definition) is 2. The molecule has 0 spiro atoms. The van der Waals surface area contributed by atoms with Gasteiger partial charge in [-0.3, -0.25) is 4.79 Å². The number of ketones is 1. The van der Waals surface area contributed by atoms with Crippen molar-refractivity contribution in [3.8, 4) is 11.5 Å². The third-order valence-corrected chi connectivity index (χ3v) is 5.04. The van der Waals surface area contributed by atoms with E-state index in [1.807, 2.05) is 18.2 Å². The van der Waals surface area contributed by atoms with Gasteiger partial charge in [0.15, 0.2) is 5.78 Å². The summed E-state index contributed by atoms with van der Waals surface area (Å²) in [4.78, 5) is 14.0. The Bertz CT molecular complexity index is 722. The molecule has 2 aromatic rings. The van der Waals surface area contributed by atoms with E-state index in [-0.39, 0.29) is 17.3 Å². The lowest BCUT2D eigenvalue weighted by atomic mass is 9.98. The fourth-order valence-electron chi connectivity index (χ4n) is 2.65. The number of aromatic hydroxyl groups is 2. The lowest BCUT2D eigenvalue weighted by Gasteiger charge is -2.14. The van der Waals surface area contributed by atoms with Crippen molar-refractivity contribution in [1.29, 1.82) is 0 Å². The summed E-state index contributed by atoms with van der Waals surface area (Å²) in [5.41, 5.74) is 2.30. The second kappa shape index (κ2) is 5.45. The maximum absolute atomic E-state index is 12.2. The van der Waals surface area contributed by atoms with Crippen LogP contribution in [-0.4, -0.2) is 16.0 Å². The Balaban J connectivity index is 2.23. The van der Waals surface area contributed by atoms with Crippen LogP contribution in [-0.2, 0) is 12.8 Å². The molecule has 0 amide bonds. The van der Waals surface area contributed by atoms with Crippen LogP contribution in [0.2, 0.25) is 0 Å². The largest absolute Gasteiger partial charge is 0.507 e. The first kappa shape index (κ1) is 14.0. The average molecular weight is 300 g/mol. The monoisotopic (exact) mass is 300 g/mol. The number of hydrogen-bond acceptors (Lipinski definition) is 4. The Morgan fingerprint density at radius 1 is 1.19 bits per heavy atom. The number of fused-ring (bicyclic) bond motifs is 2. The normalized spacial score (nSPS) is 13.2. The van der Waals surface area contributed by atoms with Crippen LogP contribution < -0.4 is 0 Å². The molecule has 0 atom stereocenters. The van der Waals surface area contributed by atoms with Crippen molar-refractivity contribution in [2.75, 3.05) is 0 Å². The fraction of sp³-hybridized carbons (Fsp3) is 0.235. The van der Waals surface area contributed by atoms with Crippen LogP contribution in [0.5, 0.6) is 11.5 Å². The van der Waals surface area contributed by atoms with Gasteiger partial charge in [-0.1, -0.05) is 36.9 Å². The molecule has 0 unspecified atom stereocenters. The van der Waals surface area contributed by atoms with Gasteiger partial charge < -0.3 is 10.2 Å². The van der Waals surface area contributed by atoms with E-state index in [1.165, 1.54) is 23.4 Å². The van der Waals surface area contributed by atoms with Crippen LogP contribution in [0.3, 0.4) is 0 Å². The highest BCUT2D eigenvalue weighted by Gasteiger charge is 2.25. The van der Waals surface area contributed by atoms with Crippen molar-refractivity contribution >= 4 is 17.5 Å². The molecule has 3 rings (SSSR count). The first-order valence-electron chi connectivity index (χ1n) is 6.98. The molecule has 0 aromatic heterocycles. The average Bonchev–Trinajstić information content (AvgIpc) is 2.66. The van der Waals surface area contributed by atoms with Crippen LogP contribution in [0.4, 0.5) is 0 Å². The van der Waals surface area contributed by atoms with Gasteiger partial charge in [-0.05, 0) is 24.5 Å². The molecule has 21 heavy (non-hydrogen) atoms. The molecule has 2 aromatic carbocycles. The number of phenols is 2. The molecule has 0 bridgehead atoms. The van der Waals surface area contributed by atoms with Crippen molar-refractivity contribution in [2.45, 2.75) is 36.0 Å². The molecule has 3 nitrogen and oxygen atoms in total. The second-order valence-electron chi connectivity index (χ2n) is 5.08. The van der Waals surface area contributed by atoms with Gasteiger partial charge in [0.1, 0.15) is 11.5 Å². The first-order valence-corrected chi connectivity index (χ1v) is 7.80. The number of carbonyl (C=O) groups excluding carboxylic acids is 1. The molecule has 1 heterocycles. The topological polar surface area (TPSA) is 57.5 Å². The van der Waals surface area contributed by atoms with E-state index >= 15 is 0 Å². The van der Waals surface area contributed by atoms with E-state index in [4.69, 9.17) is 0 Å². The summed E-state index contributed by atoms with van der Waals surface area (Å²) in [6.45, 7) is 1.77. The van der Waals surface area contributed by atoms with Crippen LogP contribution in [0, 0.1) is 0 Å². The molecule has 108 valence electrons. The lowest BCUT2D eigenvalue weighted by molar-refractivity contribution is 0.0982. The van der Waals surface area contributed by atoms with Crippen LogP contribution in [0.25, 0.3) is 0 Å². The van der Waals surface area contributed by atoms with E-state index < -0.39 is 0 Å². The van der Waals surface area contributed by atoms with E-state index in [9.17, 15) is 15.0 Å². The smallest absolute Gasteiger partial charge is 0.167 e. The SMILES string of the molecule is CCC(=O)c1c(O)cc(O)c2c1Sc1ccccc1CC2. The van der Waals surface area contributed by atoms with Gasteiger partial charge in [0, 0.05) is 27.8 Å². The van der Waals surface area contributed by atoms with E-state index in [2.05, 4.69) is 6.07 Å². The first-order chi connectivity index (χ1) is 10.1. The minimum Gasteiger partial charge on any atom is -0.507 e. The summed E-state index contributed by atoms with van der Waals surface area (Å²) in [6, 6.07) is 9.31. The van der Waals surface area contributed by atoms with Gasteiger partial charge >= 0.3 is 0 Å². The highest BCUT2D eigenvalue weighted by atomic mass is 32.2. The number of aryl methyl sites for hydroxylation is 1. The Labute approximate surface area is 127 Å². The highest BCUT2D eigenvalue weighted by Crippen LogP contribution is 2.45. The van der Waals surface area contributed by atoms with Gasteiger partial charge in [-0.2, -0.15) is 0 Å². The number of benzene rings is 2. The van der Waals surface area contributed by atoms with Crippen molar-refractivity contribution in [3.63, 3.8) is 0 Å². The van der Waals surface area contributed by atoms with E-state index in [1.54, 1.807) is 6.92 Å². The molecule has 1 aliphatic rings. The van der Waals surface area contributed by atoms with Gasteiger partial charge in [-0.15, -0.1) is 0 Å². The number of carbonyl (C=O) groups is 1. The van der Waals surface area contributed by atoms with Crippen molar-refractivity contribution in [1.82, 2.24) is 0 Å². The summed E-state index contributed by atoms with van der Waals surface area (Å²) in [7, 11) is 0. The third kappa shape index (κ3) is 2.40. The fourth-order valence-corrected chi connectivity index (χ4v) is 3.97. The molecule has 2 N–H and O–H groups in total. The van der Waals surface area contributed by atoms with Crippen LogP contribution in [0.15, 0.2) is 40.1 Å². The Hall–Kier alpha value is -1.94. The van der Waals surface area contributed by atoms with E-state index in [0.717, 1.165) is 16.9 Å². The quantitative estimate of drug-likeness (QED) is 0.825. The standard InChI is InChI=1S/C17H16O3S/c1-2-12(18)16-14(20)9-13(19)11-8-7-10-5-3-4-6-15(10)21-17(11)16/h3-6,9,19-20H,2,7-8H2,1H3. The van der Waals surface area contributed by atoms with Crippen LogP contribution >= 0.6 is 11.8 Å². The van der Waals surface area contributed by atoms with Crippen LogP contribution in [0.1, 0.15) is 34.8 Å². The summed E-state index contributed by atoms with van der Waals surface area (Å²) >= 11 is 1.46. The van der Waals surface area contributed by atoms with Crippen molar-refractivity contribution < 1.29 is 15.0 Å². The summed E-state index contributed by atoms with van der Waals surface area (Å²) in [5.74, 6) is -0.170. The highest BCUT2D eigenvalue weighted by molar-refractivity contribution is 7.99. The minimum absolute atomic E-state index is 0.0652. The lowest BCUT2D eigenvalue weighted by Crippen LogP contribution is -2.03. The maximum atomic E-state index is 12.2. The number of phenolic OH excluding ortho intramolecular Hbond substituents is 2. The second-order valence-corrected chi connectivity index (χ2v) is 6.14. The zero-order valence-corrected chi connectivity index (χ0v) is 12.5. The summed E-state index contributed by atoms with van der Waals surface area (Å²) in [6.07, 6.45) is 1.80. The molecule has 4 heteroatoms. The zero-order valence-electron chi connectivity index (χ0n) is 11.7. The summed E-state index contributed by atoms with van der Waals surface area (Å²) < 4.78 is 0.